The Balaban J connectivity index is 1.72. The number of carbonyl (C=O) groups is 3. The van der Waals surface area contributed by atoms with Gasteiger partial charge in [-0.1, -0.05) is 93.2 Å². The first-order valence-corrected chi connectivity index (χ1v) is 12.0. The quantitative estimate of drug-likeness (QED) is 0.541. The number of amides is 1. The topological polar surface area (TPSA) is 54.5 Å². The maximum atomic E-state index is 13.1. The van der Waals surface area contributed by atoms with Crippen molar-refractivity contribution in [2.24, 2.45) is 5.41 Å². The summed E-state index contributed by atoms with van der Waals surface area (Å²) in [4.78, 5) is 40.2. The Bertz CT molecular complexity index is 871. The third kappa shape index (κ3) is 5.45. The van der Waals surface area contributed by atoms with Gasteiger partial charge in [0.25, 0.3) is 5.91 Å². The van der Waals surface area contributed by atoms with Gasteiger partial charge in [0.15, 0.2) is 0 Å². The molecule has 164 valence electrons. The smallest absolute Gasteiger partial charge is 0.291 e. The maximum absolute atomic E-state index is 13.1. The minimum atomic E-state index is -0.702. The standard InChI is InChI=1S/C26H31NO3S/c1-4-26(2,3)23(28)24(29)27-17-11-16-22(27)25(30)31-18-21(19-12-7-5-8-13-19)20-14-9-6-10-15-20/h5-10,12-15,21-22H,4,11,16-18H2,1-3H3/t22-/m0/s1. The number of hydrogen-bond acceptors (Lipinski definition) is 4. The molecule has 1 saturated heterocycles. The summed E-state index contributed by atoms with van der Waals surface area (Å²) in [6, 6.07) is 19.8. The zero-order valence-corrected chi connectivity index (χ0v) is 19.4. The number of nitrogens with zero attached hydrogens (tertiary/aromatic N) is 1. The highest BCUT2D eigenvalue weighted by molar-refractivity contribution is 8.13. The van der Waals surface area contributed by atoms with E-state index >= 15 is 0 Å². The fourth-order valence-corrected chi connectivity index (χ4v) is 5.01. The van der Waals surface area contributed by atoms with Crippen molar-refractivity contribution in [2.75, 3.05) is 12.3 Å². The molecule has 0 spiro atoms. The van der Waals surface area contributed by atoms with Gasteiger partial charge in [0.1, 0.15) is 6.04 Å². The van der Waals surface area contributed by atoms with Gasteiger partial charge in [0.05, 0.1) is 0 Å². The summed E-state index contributed by atoms with van der Waals surface area (Å²) < 4.78 is 0. The number of ketones is 1. The van der Waals surface area contributed by atoms with Gasteiger partial charge in [-0.3, -0.25) is 14.4 Å². The van der Waals surface area contributed by atoms with Crippen LogP contribution in [0.5, 0.6) is 0 Å². The van der Waals surface area contributed by atoms with Crippen molar-refractivity contribution >= 4 is 28.6 Å². The Morgan fingerprint density at radius 3 is 2.06 bits per heavy atom. The third-order valence-corrected chi connectivity index (χ3v) is 7.33. The highest BCUT2D eigenvalue weighted by Gasteiger charge is 2.41. The van der Waals surface area contributed by atoms with Gasteiger partial charge >= 0.3 is 0 Å². The first-order chi connectivity index (χ1) is 14.8. The van der Waals surface area contributed by atoms with Crippen LogP contribution in [-0.2, 0) is 14.4 Å². The first-order valence-electron chi connectivity index (χ1n) is 11.0. The average Bonchev–Trinajstić information content (AvgIpc) is 3.29. The molecule has 0 bridgehead atoms. The van der Waals surface area contributed by atoms with Crippen molar-refractivity contribution in [1.29, 1.82) is 0 Å². The van der Waals surface area contributed by atoms with Crippen molar-refractivity contribution < 1.29 is 14.4 Å². The summed E-state index contributed by atoms with van der Waals surface area (Å²) in [5, 5.41) is -0.0233. The molecule has 0 radical (unpaired) electrons. The molecule has 31 heavy (non-hydrogen) atoms. The summed E-state index contributed by atoms with van der Waals surface area (Å²) in [7, 11) is 0. The van der Waals surface area contributed by atoms with E-state index in [1.54, 1.807) is 13.8 Å². The van der Waals surface area contributed by atoms with Gasteiger partial charge in [-0.15, -0.1) is 0 Å². The van der Waals surface area contributed by atoms with Gasteiger partial charge in [0.2, 0.25) is 10.9 Å². The van der Waals surface area contributed by atoms with E-state index in [1.165, 1.54) is 16.7 Å². The number of rotatable bonds is 8. The monoisotopic (exact) mass is 437 g/mol. The van der Waals surface area contributed by atoms with Gasteiger partial charge in [-0.2, -0.15) is 0 Å². The molecule has 0 aromatic heterocycles. The van der Waals surface area contributed by atoms with E-state index < -0.39 is 23.1 Å². The Kier molecular flexibility index (Phi) is 7.71. The second-order valence-electron chi connectivity index (χ2n) is 8.73. The van der Waals surface area contributed by atoms with Crippen LogP contribution in [-0.4, -0.2) is 40.0 Å². The predicted octanol–water partition coefficient (Wildman–Crippen LogP) is 5.07. The van der Waals surface area contributed by atoms with Crippen LogP contribution in [0.15, 0.2) is 60.7 Å². The van der Waals surface area contributed by atoms with Gasteiger partial charge in [-0.05, 0) is 30.4 Å². The highest BCUT2D eigenvalue weighted by atomic mass is 32.2. The van der Waals surface area contributed by atoms with E-state index in [4.69, 9.17) is 0 Å². The zero-order chi connectivity index (χ0) is 22.4. The summed E-state index contributed by atoms with van der Waals surface area (Å²) in [6.07, 6.45) is 1.97. The van der Waals surface area contributed by atoms with E-state index in [-0.39, 0.29) is 11.0 Å². The molecule has 3 rings (SSSR count). The lowest BCUT2D eigenvalue weighted by Crippen LogP contribution is -2.47. The molecule has 0 unspecified atom stereocenters. The zero-order valence-electron chi connectivity index (χ0n) is 18.5. The minimum Gasteiger partial charge on any atom is -0.325 e. The van der Waals surface area contributed by atoms with E-state index in [9.17, 15) is 14.4 Å². The van der Waals surface area contributed by atoms with Crippen LogP contribution in [0.3, 0.4) is 0 Å². The molecule has 1 aliphatic heterocycles. The highest BCUT2D eigenvalue weighted by Crippen LogP contribution is 2.32. The SMILES string of the molecule is CCC(C)(C)C(=O)C(=O)N1CCC[C@H]1C(=O)SCC(c1ccccc1)c1ccccc1. The van der Waals surface area contributed by atoms with Crippen LogP contribution >= 0.6 is 11.8 Å². The Labute approximate surface area is 189 Å². The molecule has 1 amide bonds. The number of thioether (sulfide) groups is 1. The van der Waals surface area contributed by atoms with Gasteiger partial charge in [0, 0.05) is 23.6 Å². The van der Waals surface area contributed by atoms with E-state index in [1.807, 2.05) is 43.3 Å². The van der Waals surface area contributed by atoms with Crippen LogP contribution in [0, 0.1) is 5.41 Å². The fourth-order valence-electron chi connectivity index (χ4n) is 3.85. The normalized spacial score (nSPS) is 16.5. The summed E-state index contributed by atoms with van der Waals surface area (Å²) in [5.41, 5.74) is 1.62. The second kappa shape index (κ2) is 10.3. The van der Waals surface area contributed by atoms with Crippen LogP contribution in [0.25, 0.3) is 0 Å². The largest absolute Gasteiger partial charge is 0.325 e. The Morgan fingerprint density at radius 2 is 1.55 bits per heavy atom. The van der Waals surface area contributed by atoms with Gasteiger partial charge in [-0.25, -0.2) is 0 Å². The van der Waals surface area contributed by atoms with E-state index in [0.29, 0.717) is 25.1 Å². The van der Waals surface area contributed by atoms with E-state index in [0.717, 1.165) is 17.5 Å². The molecular formula is C26H31NO3S. The van der Waals surface area contributed by atoms with Crippen LogP contribution in [0.4, 0.5) is 0 Å². The first kappa shape index (κ1) is 23.3. The molecule has 0 saturated carbocycles. The molecule has 4 nitrogen and oxygen atoms in total. The number of carbonyl (C=O) groups excluding carboxylic acids is 3. The van der Waals surface area contributed by atoms with Crippen molar-refractivity contribution in [3.63, 3.8) is 0 Å². The lowest BCUT2D eigenvalue weighted by molar-refractivity contribution is -0.150. The van der Waals surface area contributed by atoms with Crippen LogP contribution in [0.2, 0.25) is 0 Å². The number of benzene rings is 2. The molecule has 2 aromatic carbocycles. The number of hydrogen-bond donors (Lipinski definition) is 0. The molecule has 1 atom stereocenters. The molecule has 1 aliphatic rings. The van der Waals surface area contributed by atoms with Crippen molar-refractivity contribution in [3.05, 3.63) is 71.8 Å². The predicted molar refractivity (Wildman–Crippen MR) is 126 cm³/mol. The molecule has 0 aliphatic carbocycles. The molecular weight excluding hydrogens is 406 g/mol. The second-order valence-corrected chi connectivity index (χ2v) is 9.75. The molecule has 5 heteroatoms. The van der Waals surface area contributed by atoms with Crippen molar-refractivity contribution in [3.8, 4) is 0 Å². The molecule has 1 heterocycles. The Hall–Kier alpha value is -2.40. The fraction of sp³-hybridized carbons (Fsp3) is 0.423. The third-order valence-electron chi connectivity index (χ3n) is 6.27. The number of likely N-dealkylation sites (tertiary alicyclic amines) is 1. The lowest BCUT2D eigenvalue weighted by Gasteiger charge is -2.27. The van der Waals surface area contributed by atoms with Crippen molar-refractivity contribution in [2.45, 2.75) is 52.0 Å². The molecule has 2 aromatic rings. The lowest BCUT2D eigenvalue weighted by atomic mass is 9.84. The maximum Gasteiger partial charge on any atom is 0.291 e. The average molecular weight is 438 g/mol. The van der Waals surface area contributed by atoms with Gasteiger partial charge < -0.3 is 4.90 Å². The number of Topliss-reactive ketones (excluding diaryl/α,β-unsaturated/α-hetero) is 1. The minimum absolute atomic E-state index is 0.0233. The summed E-state index contributed by atoms with van der Waals surface area (Å²) in [5.74, 6) is -0.223. The van der Waals surface area contributed by atoms with E-state index in [2.05, 4.69) is 24.3 Å². The molecule has 0 N–H and O–H groups in total. The molecule has 1 fully saturated rings. The van der Waals surface area contributed by atoms with Crippen molar-refractivity contribution in [1.82, 2.24) is 4.90 Å². The Morgan fingerprint density at radius 1 is 1.00 bits per heavy atom. The van der Waals surface area contributed by atoms with Crippen LogP contribution in [0.1, 0.15) is 57.1 Å². The summed E-state index contributed by atoms with van der Waals surface area (Å²) >= 11 is 1.27. The van der Waals surface area contributed by atoms with Crippen LogP contribution < -0.4 is 0 Å². The summed E-state index contributed by atoms with van der Waals surface area (Å²) in [6.45, 7) is 5.96.